The van der Waals surface area contributed by atoms with Crippen molar-refractivity contribution in [3.8, 4) is 5.75 Å². The standard InChI is InChI=1S/C10H11ClO2/c1-6-2-3-7(11)9-8(12)4-5-13-10(6)9/h2-3,8,12H,4-5H2,1H3/t8-/m1/s1. The number of hydrogen-bond acceptors (Lipinski definition) is 2. The largest absolute Gasteiger partial charge is 0.493 e. The molecule has 3 heteroatoms. The Morgan fingerprint density at radius 3 is 3.00 bits per heavy atom. The van der Waals surface area contributed by atoms with Gasteiger partial charge in [-0.1, -0.05) is 17.7 Å². The fourth-order valence-corrected chi connectivity index (χ4v) is 1.88. The molecule has 0 fully saturated rings. The fraction of sp³-hybridized carbons (Fsp3) is 0.400. The third kappa shape index (κ3) is 1.40. The van der Waals surface area contributed by atoms with Crippen molar-refractivity contribution in [2.24, 2.45) is 0 Å². The van der Waals surface area contributed by atoms with Crippen LogP contribution < -0.4 is 4.74 Å². The van der Waals surface area contributed by atoms with E-state index < -0.39 is 6.10 Å². The van der Waals surface area contributed by atoms with Gasteiger partial charge in [0, 0.05) is 12.0 Å². The van der Waals surface area contributed by atoms with E-state index in [4.69, 9.17) is 16.3 Å². The summed E-state index contributed by atoms with van der Waals surface area (Å²) >= 11 is 5.97. The van der Waals surface area contributed by atoms with E-state index in [-0.39, 0.29) is 0 Å². The molecule has 2 nitrogen and oxygen atoms in total. The molecule has 1 N–H and O–H groups in total. The number of aliphatic hydroxyl groups is 1. The topological polar surface area (TPSA) is 29.5 Å². The van der Waals surface area contributed by atoms with Crippen LogP contribution in [-0.4, -0.2) is 11.7 Å². The molecule has 70 valence electrons. The molecule has 1 aliphatic rings. The van der Waals surface area contributed by atoms with E-state index in [2.05, 4.69) is 0 Å². The minimum Gasteiger partial charge on any atom is -0.493 e. The highest BCUT2D eigenvalue weighted by Crippen LogP contribution is 2.39. The molecule has 1 atom stereocenters. The Bertz CT molecular complexity index is 336. The van der Waals surface area contributed by atoms with E-state index in [9.17, 15) is 5.11 Å². The molecule has 0 saturated heterocycles. The first kappa shape index (κ1) is 8.85. The first-order valence-electron chi connectivity index (χ1n) is 4.30. The van der Waals surface area contributed by atoms with Crippen LogP contribution in [0.2, 0.25) is 5.02 Å². The average molecular weight is 199 g/mol. The first-order chi connectivity index (χ1) is 6.20. The van der Waals surface area contributed by atoms with Gasteiger partial charge < -0.3 is 9.84 Å². The van der Waals surface area contributed by atoms with Crippen molar-refractivity contribution < 1.29 is 9.84 Å². The van der Waals surface area contributed by atoms with E-state index in [1.807, 2.05) is 13.0 Å². The maximum Gasteiger partial charge on any atom is 0.129 e. The van der Waals surface area contributed by atoms with Crippen LogP contribution in [0.15, 0.2) is 12.1 Å². The van der Waals surface area contributed by atoms with Crippen LogP contribution in [0.1, 0.15) is 23.7 Å². The van der Waals surface area contributed by atoms with Gasteiger partial charge in [0.25, 0.3) is 0 Å². The Balaban J connectivity index is 2.60. The summed E-state index contributed by atoms with van der Waals surface area (Å²) < 4.78 is 5.46. The van der Waals surface area contributed by atoms with Crippen LogP contribution in [0.25, 0.3) is 0 Å². The van der Waals surface area contributed by atoms with Gasteiger partial charge in [0.2, 0.25) is 0 Å². The Kier molecular flexibility index (Phi) is 2.18. The van der Waals surface area contributed by atoms with Crippen molar-refractivity contribution in [3.63, 3.8) is 0 Å². The lowest BCUT2D eigenvalue weighted by Crippen LogP contribution is -2.15. The van der Waals surface area contributed by atoms with Gasteiger partial charge in [-0.25, -0.2) is 0 Å². The molecule has 1 aliphatic heterocycles. The maximum absolute atomic E-state index is 9.70. The minimum absolute atomic E-state index is 0.476. The van der Waals surface area contributed by atoms with Gasteiger partial charge in [-0.3, -0.25) is 0 Å². The number of fused-ring (bicyclic) bond motifs is 1. The van der Waals surface area contributed by atoms with E-state index in [1.54, 1.807) is 6.07 Å². The number of hydrogen-bond donors (Lipinski definition) is 1. The summed E-state index contributed by atoms with van der Waals surface area (Å²) in [5.74, 6) is 0.756. The Morgan fingerprint density at radius 1 is 1.54 bits per heavy atom. The van der Waals surface area contributed by atoms with Gasteiger partial charge in [-0.15, -0.1) is 0 Å². The van der Waals surface area contributed by atoms with Crippen LogP contribution in [0.4, 0.5) is 0 Å². The molecule has 1 heterocycles. The lowest BCUT2D eigenvalue weighted by molar-refractivity contribution is 0.115. The van der Waals surface area contributed by atoms with Gasteiger partial charge in [0.05, 0.1) is 17.7 Å². The molecule has 0 bridgehead atoms. The number of rotatable bonds is 0. The summed E-state index contributed by atoms with van der Waals surface area (Å²) in [6, 6.07) is 3.70. The quantitative estimate of drug-likeness (QED) is 0.694. The smallest absolute Gasteiger partial charge is 0.129 e. The molecular formula is C10H11ClO2. The van der Waals surface area contributed by atoms with E-state index in [0.29, 0.717) is 18.1 Å². The lowest BCUT2D eigenvalue weighted by Gasteiger charge is -2.24. The first-order valence-corrected chi connectivity index (χ1v) is 4.68. The zero-order valence-electron chi connectivity index (χ0n) is 7.38. The molecule has 0 spiro atoms. The van der Waals surface area contributed by atoms with E-state index in [1.165, 1.54) is 0 Å². The summed E-state index contributed by atoms with van der Waals surface area (Å²) in [4.78, 5) is 0. The average Bonchev–Trinajstić information content (AvgIpc) is 2.12. The monoisotopic (exact) mass is 198 g/mol. The number of ether oxygens (including phenoxy) is 1. The SMILES string of the molecule is Cc1ccc(Cl)c2c1OCC[C@H]2O. The van der Waals surface area contributed by atoms with Crippen molar-refractivity contribution in [2.45, 2.75) is 19.4 Å². The summed E-state index contributed by atoms with van der Waals surface area (Å²) in [5.41, 5.74) is 1.77. The van der Waals surface area contributed by atoms with Crippen LogP contribution in [0.3, 0.4) is 0 Å². The number of aryl methyl sites for hydroxylation is 1. The highest BCUT2D eigenvalue weighted by Gasteiger charge is 2.23. The second kappa shape index (κ2) is 3.20. The fourth-order valence-electron chi connectivity index (χ4n) is 1.60. The normalized spacial score (nSPS) is 20.7. The summed E-state index contributed by atoms with van der Waals surface area (Å²) in [6.45, 7) is 2.52. The predicted molar refractivity (Wildman–Crippen MR) is 51.3 cm³/mol. The molecule has 13 heavy (non-hydrogen) atoms. The molecule has 1 aromatic rings. The number of aliphatic hydroxyl groups excluding tert-OH is 1. The van der Waals surface area contributed by atoms with Crippen LogP contribution in [-0.2, 0) is 0 Å². The second-order valence-electron chi connectivity index (χ2n) is 3.26. The molecule has 0 unspecified atom stereocenters. The number of halogens is 1. The summed E-state index contributed by atoms with van der Waals surface area (Å²) in [7, 11) is 0. The van der Waals surface area contributed by atoms with Crippen LogP contribution in [0.5, 0.6) is 5.75 Å². The van der Waals surface area contributed by atoms with Crippen molar-refractivity contribution in [2.75, 3.05) is 6.61 Å². The van der Waals surface area contributed by atoms with Crippen LogP contribution in [0, 0.1) is 6.92 Å². The maximum atomic E-state index is 9.70. The van der Waals surface area contributed by atoms with Crippen molar-refractivity contribution in [3.05, 3.63) is 28.3 Å². The highest BCUT2D eigenvalue weighted by molar-refractivity contribution is 6.31. The van der Waals surface area contributed by atoms with Gasteiger partial charge in [0.15, 0.2) is 0 Å². The Labute approximate surface area is 82.1 Å². The van der Waals surface area contributed by atoms with E-state index in [0.717, 1.165) is 16.9 Å². The van der Waals surface area contributed by atoms with Crippen molar-refractivity contribution in [1.82, 2.24) is 0 Å². The van der Waals surface area contributed by atoms with Crippen LogP contribution >= 0.6 is 11.6 Å². The predicted octanol–water partition coefficient (Wildman–Crippen LogP) is 2.46. The molecule has 0 saturated carbocycles. The van der Waals surface area contributed by atoms with Crippen molar-refractivity contribution in [1.29, 1.82) is 0 Å². The summed E-state index contributed by atoms with van der Waals surface area (Å²) in [6.07, 6.45) is 0.145. The molecule has 1 aromatic carbocycles. The zero-order chi connectivity index (χ0) is 9.42. The molecule has 0 radical (unpaired) electrons. The minimum atomic E-state index is -0.476. The highest BCUT2D eigenvalue weighted by atomic mass is 35.5. The van der Waals surface area contributed by atoms with Crippen molar-refractivity contribution >= 4 is 11.6 Å². The van der Waals surface area contributed by atoms with E-state index >= 15 is 0 Å². The second-order valence-corrected chi connectivity index (χ2v) is 3.67. The van der Waals surface area contributed by atoms with Gasteiger partial charge >= 0.3 is 0 Å². The lowest BCUT2D eigenvalue weighted by atomic mass is 10.0. The molecule has 0 aromatic heterocycles. The van der Waals surface area contributed by atoms with Gasteiger partial charge in [0.1, 0.15) is 5.75 Å². The zero-order valence-corrected chi connectivity index (χ0v) is 8.14. The third-order valence-electron chi connectivity index (χ3n) is 2.31. The molecule has 0 amide bonds. The molecule has 0 aliphatic carbocycles. The summed E-state index contributed by atoms with van der Waals surface area (Å²) in [5, 5.41) is 10.3. The van der Waals surface area contributed by atoms with Gasteiger partial charge in [-0.05, 0) is 18.6 Å². The Morgan fingerprint density at radius 2 is 2.31 bits per heavy atom. The van der Waals surface area contributed by atoms with Gasteiger partial charge in [-0.2, -0.15) is 0 Å². The Hall–Kier alpha value is -0.730. The number of benzene rings is 1. The molecule has 2 rings (SSSR count). The molecular weight excluding hydrogens is 188 g/mol. The third-order valence-corrected chi connectivity index (χ3v) is 2.64.